The highest BCUT2D eigenvalue weighted by Crippen LogP contribution is 2.33. The first-order valence-electron chi connectivity index (χ1n) is 10.2. The third-order valence-electron chi connectivity index (χ3n) is 5.48. The van der Waals surface area contributed by atoms with Crippen LogP contribution < -0.4 is 11.1 Å². The Morgan fingerprint density at radius 2 is 1.82 bits per heavy atom. The second kappa shape index (κ2) is 11.8. The Morgan fingerprint density at radius 1 is 1.27 bits per heavy atom. The molecule has 0 aromatic rings. The summed E-state index contributed by atoms with van der Waals surface area (Å²) in [7, 11) is -5.29. The van der Waals surface area contributed by atoms with Gasteiger partial charge in [-0.1, -0.05) is 13.3 Å². The van der Waals surface area contributed by atoms with E-state index in [-0.39, 0.29) is 25.5 Å². The predicted octanol–water partition coefficient (Wildman–Crippen LogP) is -1.48. The lowest BCUT2D eigenvalue weighted by molar-refractivity contribution is -0.192. The van der Waals surface area contributed by atoms with Crippen LogP contribution in [0.2, 0.25) is 6.32 Å². The number of nitrogens with two attached hydrogens (primary N) is 1. The molecular weight excluding hydrogens is 476 g/mol. The summed E-state index contributed by atoms with van der Waals surface area (Å²) in [5.74, 6) is -4.58. The number of hydrogen-bond donors (Lipinski definition) is 6. The molecule has 0 radical (unpaired) electrons. The summed E-state index contributed by atoms with van der Waals surface area (Å²) in [5.41, 5.74) is 4.41. The zero-order chi connectivity index (χ0) is 25.6. The van der Waals surface area contributed by atoms with Crippen molar-refractivity contribution in [2.45, 2.75) is 50.3 Å². The number of carboxylic acid groups (broad SMARTS) is 2. The molecule has 2 aliphatic heterocycles. The molecule has 0 aromatic carbocycles. The Hall–Kier alpha value is -1.50. The number of alkyl halides is 3. The average Bonchev–Trinajstić information content (AvgIpc) is 2.98. The van der Waals surface area contributed by atoms with Crippen LogP contribution in [0.4, 0.5) is 13.2 Å². The summed E-state index contributed by atoms with van der Waals surface area (Å²) in [6.07, 6.45) is -3.67. The smallest absolute Gasteiger partial charge is 0.480 e. The SMILES string of the molecule is CCCN(C1CNC1)S(=O)(=O)N1C[C@H](CCCB(O)O)[C@](N)(C(=O)O)C1.O=C(O)C(F)(F)F. The maximum Gasteiger partial charge on any atom is 0.490 e. The normalized spacial score (nSPS) is 24.2. The highest BCUT2D eigenvalue weighted by atomic mass is 32.2. The molecule has 0 unspecified atom stereocenters. The molecule has 2 rings (SSSR count). The number of carboxylic acids is 2. The molecule has 33 heavy (non-hydrogen) atoms. The third-order valence-corrected chi connectivity index (χ3v) is 7.48. The lowest BCUT2D eigenvalue weighted by Crippen LogP contribution is -2.61. The molecule has 0 bridgehead atoms. The molecule has 2 heterocycles. The lowest BCUT2D eigenvalue weighted by atomic mass is 9.78. The highest BCUT2D eigenvalue weighted by molar-refractivity contribution is 7.86. The van der Waals surface area contributed by atoms with Gasteiger partial charge in [-0.15, -0.1) is 0 Å². The van der Waals surface area contributed by atoms with Gasteiger partial charge < -0.3 is 31.3 Å². The largest absolute Gasteiger partial charge is 0.490 e. The fraction of sp³-hybridized carbons (Fsp3) is 0.875. The first-order valence-corrected chi connectivity index (χ1v) is 11.6. The van der Waals surface area contributed by atoms with Gasteiger partial charge in [-0.25, -0.2) is 4.79 Å². The first-order chi connectivity index (χ1) is 15.1. The summed E-state index contributed by atoms with van der Waals surface area (Å²) in [6.45, 7) is 3.17. The van der Waals surface area contributed by atoms with Gasteiger partial charge in [-0.3, -0.25) is 4.79 Å². The zero-order valence-electron chi connectivity index (χ0n) is 18.0. The van der Waals surface area contributed by atoms with E-state index in [0.717, 1.165) is 0 Å². The molecule has 0 saturated carbocycles. The fourth-order valence-corrected chi connectivity index (χ4v) is 5.52. The molecule has 17 heteroatoms. The van der Waals surface area contributed by atoms with Gasteiger partial charge in [-0.05, 0) is 19.2 Å². The molecule has 0 aromatic heterocycles. The molecule has 0 amide bonds. The van der Waals surface area contributed by atoms with E-state index in [0.29, 0.717) is 38.9 Å². The minimum absolute atomic E-state index is 0.0209. The maximum absolute atomic E-state index is 13.1. The van der Waals surface area contributed by atoms with Gasteiger partial charge in [0, 0.05) is 38.6 Å². The number of nitrogens with zero attached hydrogens (tertiary/aromatic N) is 2. The summed E-state index contributed by atoms with van der Waals surface area (Å²) in [5, 5.41) is 37.7. The molecule has 7 N–H and O–H groups in total. The summed E-state index contributed by atoms with van der Waals surface area (Å²) in [4.78, 5) is 20.6. The molecular formula is C16H30BF3N4O8S. The van der Waals surface area contributed by atoms with Crippen molar-refractivity contribution in [2.24, 2.45) is 11.7 Å². The van der Waals surface area contributed by atoms with Crippen molar-refractivity contribution < 1.29 is 51.4 Å². The van der Waals surface area contributed by atoms with Gasteiger partial charge in [-0.2, -0.15) is 30.2 Å². The molecule has 2 aliphatic rings. The second-order valence-electron chi connectivity index (χ2n) is 7.98. The van der Waals surface area contributed by atoms with E-state index in [1.165, 1.54) is 8.61 Å². The predicted molar refractivity (Wildman–Crippen MR) is 110 cm³/mol. The first kappa shape index (κ1) is 29.5. The van der Waals surface area contributed by atoms with Crippen molar-refractivity contribution in [1.29, 1.82) is 0 Å². The van der Waals surface area contributed by atoms with E-state index in [1.807, 2.05) is 6.92 Å². The van der Waals surface area contributed by atoms with Crippen molar-refractivity contribution >= 4 is 29.3 Å². The van der Waals surface area contributed by atoms with Crippen LogP contribution >= 0.6 is 0 Å². The maximum atomic E-state index is 13.1. The van der Waals surface area contributed by atoms with Crippen molar-refractivity contribution in [2.75, 3.05) is 32.7 Å². The topological polar surface area (TPSA) is 194 Å². The Labute approximate surface area is 189 Å². The minimum Gasteiger partial charge on any atom is -0.480 e. The van der Waals surface area contributed by atoms with E-state index in [9.17, 15) is 31.5 Å². The van der Waals surface area contributed by atoms with E-state index in [2.05, 4.69) is 5.32 Å². The van der Waals surface area contributed by atoms with Crippen LogP contribution in [0.5, 0.6) is 0 Å². The number of carbonyl (C=O) groups is 2. The van der Waals surface area contributed by atoms with Crippen molar-refractivity contribution in [3.05, 3.63) is 0 Å². The zero-order valence-corrected chi connectivity index (χ0v) is 18.8. The molecule has 0 spiro atoms. The van der Waals surface area contributed by atoms with Crippen LogP contribution in [-0.4, -0.2) is 107 Å². The van der Waals surface area contributed by atoms with E-state index in [1.54, 1.807) is 0 Å². The number of hydrogen-bond acceptors (Lipinski definition) is 8. The highest BCUT2D eigenvalue weighted by Gasteiger charge is 2.53. The Balaban J connectivity index is 0.000000675. The Kier molecular flexibility index (Phi) is 10.5. The van der Waals surface area contributed by atoms with E-state index in [4.69, 9.17) is 25.7 Å². The second-order valence-corrected chi connectivity index (χ2v) is 9.86. The molecule has 12 nitrogen and oxygen atoms in total. The van der Waals surface area contributed by atoms with Gasteiger partial charge in [0.1, 0.15) is 5.54 Å². The molecule has 192 valence electrons. The van der Waals surface area contributed by atoms with Gasteiger partial charge in [0.05, 0.1) is 6.04 Å². The average molecular weight is 506 g/mol. The third kappa shape index (κ3) is 7.76. The van der Waals surface area contributed by atoms with Crippen LogP contribution in [0.15, 0.2) is 0 Å². The Bertz CT molecular complexity index is 784. The number of halogens is 3. The molecule has 2 atom stereocenters. The van der Waals surface area contributed by atoms with Crippen LogP contribution in [0, 0.1) is 5.92 Å². The van der Waals surface area contributed by atoms with E-state index < -0.39 is 46.9 Å². The van der Waals surface area contributed by atoms with Gasteiger partial charge in [0.2, 0.25) is 0 Å². The van der Waals surface area contributed by atoms with Crippen molar-refractivity contribution in [1.82, 2.24) is 13.9 Å². The number of rotatable bonds is 10. The molecule has 2 saturated heterocycles. The van der Waals surface area contributed by atoms with Crippen molar-refractivity contribution in [3.8, 4) is 0 Å². The summed E-state index contributed by atoms with van der Waals surface area (Å²) in [6, 6.07) is -0.125. The molecule has 2 fully saturated rings. The minimum atomic E-state index is -5.08. The van der Waals surface area contributed by atoms with Gasteiger partial charge >= 0.3 is 25.2 Å². The quantitative estimate of drug-likeness (QED) is 0.190. The number of aliphatic carboxylic acids is 2. The van der Waals surface area contributed by atoms with Crippen LogP contribution in [-0.2, 0) is 19.8 Å². The standard InChI is InChI=1S/C14H29BN4O6S.C2HF3O2/c1-2-6-19(12-7-17-8-12)26(24,25)18-9-11(4-3-5-15(22)23)14(16,10-18)13(20)21;3-2(4,5)1(6)7/h11-12,17,22-23H,2-10,16H2,1H3,(H,20,21);(H,6,7)/t11-,14-;/m0./s1. The summed E-state index contributed by atoms with van der Waals surface area (Å²) < 4.78 is 60.5. The fourth-order valence-electron chi connectivity index (χ4n) is 3.54. The van der Waals surface area contributed by atoms with Crippen LogP contribution in [0.1, 0.15) is 26.2 Å². The summed E-state index contributed by atoms with van der Waals surface area (Å²) >= 11 is 0. The van der Waals surface area contributed by atoms with Crippen LogP contribution in [0.25, 0.3) is 0 Å². The lowest BCUT2D eigenvalue weighted by Gasteiger charge is -2.39. The monoisotopic (exact) mass is 506 g/mol. The number of nitrogens with one attached hydrogen (secondary N) is 1. The van der Waals surface area contributed by atoms with Gasteiger partial charge in [0.15, 0.2) is 0 Å². The van der Waals surface area contributed by atoms with Gasteiger partial charge in [0.25, 0.3) is 10.2 Å². The Morgan fingerprint density at radius 3 is 2.18 bits per heavy atom. The van der Waals surface area contributed by atoms with Crippen molar-refractivity contribution in [3.63, 3.8) is 0 Å². The van der Waals surface area contributed by atoms with E-state index >= 15 is 0 Å². The molecule has 0 aliphatic carbocycles. The van der Waals surface area contributed by atoms with Crippen LogP contribution in [0.3, 0.4) is 0 Å².